The third-order valence-corrected chi connectivity index (χ3v) is 2.22. The minimum absolute atomic E-state index is 0.00745. The van der Waals surface area contributed by atoms with Crippen molar-refractivity contribution in [1.29, 1.82) is 10.5 Å². The summed E-state index contributed by atoms with van der Waals surface area (Å²) in [5, 5.41) is 17.1. The molecule has 0 heterocycles. The van der Waals surface area contributed by atoms with Crippen molar-refractivity contribution in [3.63, 3.8) is 0 Å². The van der Waals surface area contributed by atoms with Gasteiger partial charge in [0.05, 0.1) is 29.7 Å². The minimum atomic E-state index is -4.50. The molecule has 0 atom stereocenters. The van der Waals surface area contributed by atoms with Crippen LogP contribution in [-0.4, -0.2) is 0 Å². The van der Waals surface area contributed by atoms with E-state index in [-0.39, 0.29) is 23.1 Å². The lowest BCUT2D eigenvalue weighted by Crippen LogP contribution is -2.10. The highest BCUT2D eigenvalue weighted by molar-refractivity contribution is 5.45. The van der Waals surface area contributed by atoms with Crippen LogP contribution < -0.4 is 0 Å². The number of alkyl halides is 3. The number of hydrogen-bond acceptors (Lipinski definition) is 2. The molecule has 16 heavy (non-hydrogen) atoms. The van der Waals surface area contributed by atoms with Crippen molar-refractivity contribution >= 4 is 0 Å². The lowest BCUT2D eigenvalue weighted by atomic mass is 9.97. The zero-order valence-electron chi connectivity index (χ0n) is 8.39. The summed E-state index contributed by atoms with van der Waals surface area (Å²) >= 11 is 0. The molecule has 0 unspecified atom stereocenters. The van der Waals surface area contributed by atoms with E-state index >= 15 is 0 Å². The Balaban J connectivity index is 3.46. The van der Waals surface area contributed by atoms with Gasteiger partial charge in [0, 0.05) is 0 Å². The molecule has 82 valence electrons. The Morgan fingerprint density at radius 2 is 1.88 bits per heavy atom. The Labute approximate surface area is 90.5 Å². The van der Waals surface area contributed by atoms with E-state index in [9.17, 15) is 13.2 Å². The van der Waals surface area contributed by atoms with Crippen molar-refractivity contribution < 1.29 is 13.2 Å². The van der Waals surface area contributed by atoms with Gasteiger partial charge in [-0.3, -0.25) is 0 Å². The fraction of sp³-hybridized carbons (Fsp3) is 0.273. The highest BCUT2D eigenvalue weighted by Gasteiger charge is 2.33. The molecular formula is C11H7F3N2. The maximum absolute atomic E-state index is 12.6. The summed E-state index contributed by atoms with van der Waals surface area (Å²) in [6.07, 6.45) is -4.63. The lowest BCUT2D eigenvalue weighted by molar-refractivity contribution is -0.138. The summed E-state index contributed by atoms with van der Waals surface area (Å²) in [7, 11) is 0. The maximum atomic E-state index is 12.6. The van der Waals surface area contributed by atoms with Crippen LogP contribution in [0.1, 0.15) is 22.3 Å². The zero-order chi connectivity index (χ0) is 12.3. The van der Waals surface area contributed by atoms with Crippen LogP contribution in [0.2, 0.25) is 0 Å². The van der Waals surface area contributed by atoms with Crippen molar-refractivity contribution in [3.05, 3.63) is 34.4 Å². The van der Waals surface area contributed by atoms with Crippen LogP contribution in [0.25, 0.3) is 0 Å². The van der Waals surface area contributed by atoms with Crippen LogP contribution in [0, 0.1) is 29.6 Å². The molecule has 0 aliphatic rings. The predicted molar refractivity (Wildman–Crippen MR) is 50.2 cm³/mol. The molecule has 5 heteroatoms. The number of nitrogens with zero attached hydrogens (tertiary/aromatic N) is 2. The molecule has 0 N–H and O–H groups in total. The van der Waals surface area contributed by atoms with E-state index in [1.807, 2.05) is 0 Å². The molecule has 0 saturated heterocycles. The van der Waals surface area contributed by atoms with Gasteiger partial charge >= 0.3 is 6.18 Å². The van der Waals surface area contributed by atoms with E-state index in [0.717, 1.165) is 6.07 Å². The van der Waals surface area contributed by atoms with Gasteiger partial charge in [0.1, 0.15) is 0 Å². The second kappa shape index (κ2) is 4.24. The Morgan fingerprint density at radius 1 is 1.25 bits per heavy atom. The highest BCUT2D eigenvalue weighted by Crippen LogP contribution is 2.34. The van der Waals surface area contributed by atoms with E-state index in [4.69, 9.17) is 10.5 Å². The first-order chi connectivity index (χ1) is 7.40. The van der Waals surface area contributed by atoms with Crippen molar-refractivity contribution in [2.24, 2.45) is 0 Å². The molecule has 2 nitrogen and oxygen atoms in total. The summed E-state index contributed by atoms with van der Waals surface area (Å²) < 4.78 is 37.8. The minimum Gasteiger partial charge on any atom is -0.198 e. The van der Waals surface area contributed by atoms with Gasteiger partial charge in [0.2, 0.25) is 0 Å². The van der Waals surface area contributed by atoms with E-state index in [1.54, 1.807) is 12.1 Å². The summed E-state index contributed by atoms with van der Waals surface area (Å²) in [6.45, 7) is 1.30. The normalized spacial score (nSPS) is 10.6. The van der Waals surface area contributed by atoms with Crippen LogP contribution in [0.5, 0.6) is 0 Å². The van der Waals surface area contributed by atoms with Crippen molar-refractivity contribution in [2.45, 2.75) is 19.5 Å². The topological polar surface area (TPSA) is 47.6 Å². The first-order valence-electron chi connectivity index (χ1n) is 4.38. The molecule has 0 bridgehead atoms. The van der Waals surface area contributed by atoms with Crippen LogP contribution >= 0.6 is 0 Å². The summed E-state index contributed by atoms with van der Waals surface area (Å²) in [4.78, 5) is 0. The largest absolute Gasteiger partial charge is 0.416 e. The molecule has 1 rings (SSSR count). The molecule has 0 radical (unpaired) electrons. The highest BCUT2D eigenvalue weighted by atomic mass is 19.4. The first kappa shape index (κ1) is 12.1. The zero-order valence-corrected chi connectivity index (χ0v) is 8.39. The number of rotatable bonds is 1. The Hall–Kier alpha value is -2.01. The quantitative estimate of drug-likeness (QED) is 0.736. The predicted octanol–water partition coefficient (Wildman–Crippen LogP) is 2.95. The van der Waals surface area contributed by atoms with Crippen molar-refractivity contribution in [2.75, 3.05) is 0 Å². The fourth-order valence-corrected chi connectivity index (χ4v) is 1.40. The lowest BCUT2D eigenvalue weighted by Gasteiger charge is -2.13. The summed E-state index contributed by atoms with van der Waals surface area (Å²) in [5.74, 6) is 0. The van der Waals surface area contributed by atoms with Gasteiger partial charge in [0.25, 0.3) is 0 Å². The molecule has 1 aromatic rings. The SMILES string of the molecule is Cc1c(CC#N)cc(C#N)cc1C(F)(F)F. The Morgan fingerprint density at radius 3 is 2.31 bits per heavy atom. The van der Waals surface area contributed by atoms with Gasteiger partial charge in [-0.05, 0) is 30.2 Å². The maximum Gasteiger partial charge on any atom is 0.416 e. The van der Waals surface area contributed by atoms with Crippen LogP contribution in [0.15, 0.2) is 12.1 Å². The number of nitriles is 2. The molecule has 0 fully saturated rings. The molecule has 1 aromatic carbocycles. The molecule has 0 spiro atoms. The molecule has 0 aliphatic heterocycles. The number of halogens is 3. The number of benzene rings is 1. The van der Waals surface area contributed by atoms with E-state index in [1.165, 1.54) is 13.0 Å². The van der Waals surface area contributed by atoms with E-state index in [2.05, 4.69) is 0 Å². The van der Waals surface area contributed by atoms with Gasteiger partial charge in [0.15, 0.2) is 0 Å². The molecule has 0 amide bonds. The van der Waals surface area contributed by atoms with Crippen molar-refractivity contribution in [1.82, 2.24) is 0 Å². The van der Waals surface area contributed by atoms with Gasteiger partial charge in [-0.25, -0.2) is 0 Å². The first-order valence-corrected chi connectivity index (χ1v) is 4.38. The molecule has 0 saturated carbocycles. The van der Waals surface area contributed by atoms with Crippen molar-refractivity contribution in [3.8, 4) is 12.1 Å². The third-order valence-electron chi connectivity index (χ3n) is 2.22. The fourth-order valence-electron chi connectivity index (χ4n) is 1.40. The average molecular weight is 224 g/mol. The molecule has 0 aromatic heterocycles. The summed E-state index contributed by atoms with van der Waals surface area (Å²) in [5.41, 5.74) is -0.679. The van der Waals surface area contributed by atoms with Gasteiger partial charge in [-0.15, -0.1) is 0 Å². The van der Waals surface area contributed by atoms with Crippen LogP contribution in [0.4, 0.5) is 13.2 Å². The van der Waals surface area contributed by atoms with E-state index < -0.39 is 11.7 Å². The standard InChI is InChI=1S/C11H7F3N2/c1-7-9(2-3-15)4-8(6-16)5-10(7)11(12,13)14/h4-5H,2H2,1H3. The second-order valence-corrected chi connectivity index (χ2v) is 3.25. The van der Waals surface area contributed by atoms with Gasteiger partial charge in [-0.2, -0.15) is 23.7 Å². The van der Waals surface area contributed by atoms with Crippen LogP contribution in [-0.2, 0) is 12.6 Å². The monoisotopic (exact) mass is 224 g/mol. The van der Waals surface area contributed by atoms with E-state index in [0.29, 0.717) is 0 Å². The van der Waals surface area contributed by atoms with Gasteiger partial charge in [-0.1, -0.05) is 0 Å². The molecular weight excluding hydrogens is 217 g/mol. The smallest absolute Gasteiger partial charge is 0.198 e. The third kappa shape index (κ3) is 2.32. The Bertz CT molecular complexity index is 490. The molecule has 0 aliphatic carbocycles. The number of hydrogen-bond donors (Lipinski definition) is 0. The van der Waals surface area contributed by atoms with Crippen LogP contribution in [0.3, 0.4) is 0 Å². The summed E-state index contributed by atoms with van der Waals surface area (Å²) in [6, 6.07) is 5.55. The second-order valence-electron chi connectivity index (χ2n) is 3.25. The van der Waals surface area contributed by atoms with Gasteiger partial charge < -0.3 is 0 Å². The Kier molecular flexibility index (Phi) is 3.20. The average Bonchev–Trinajstić information content (AvgIpc) is 2.19.